The molecule has 0 atom stereocenters. The van der Waals surface area contributed by atoms with Crippen LogP contribution in [0.1, 0.15) is 6.92 Å². The van der Waals surface area contributed by atoms with Gasteiger partial charge in [-0.15, -0.1) is 0 Å². The number of sulfonamides is 1. The molecule has 0 fully saturated rings. The number of hydrogen-bond donors (Lipinski definition) is 2. The van der Waals surface area contributed by atoms with E-state index in [-0.39, 0.29) is 28.6 Å². The van der Waals surface area contributed by atoms with Gasteiger partial charge in [0.2, 0.25) is 0 Å². The number of carbonyl (C=O) groups excluding carboxylic acids is 1. The van der Waals surface area contributed by atoms with Gasteiger partial charge >= 0.3 is 6.09 Å². The average Bonchev–Trinajstić information content (AvgIpc) is 2.57. The third kappa shape index (κ3) is 4.60. The quantitative estimate of drug-likeness (QED) is 0.817. The molecule has 7 nitrogen and oxygen atoms in total. The summed E-state index contributed by atoms with van der Waals surface area (Å²) in [5.74, 6) is -0.456. The van der Waals surface area contributed by atoms with Crippen molar-refractivity contribution in [3.8, 4) is 5.75 Å². The molecule has 2 aromatic rings. The SMILES string of the molecule is CCOC(=O)Nc1cc(S(=O)(=O)Nc2ccccc2F)ccc1OC. The Morgan fingerprint density at radius 1 is 1.16 bits per heavy atom. The van der Waals surface area contributed by atoms with Crippen molar-refractivity contribution in [2.75, 3.05) is 23.8 Å². The van der Waals surface area contributed by atoms with Gasteiger partial charge in [0, 0.05) is 0 Å². The lowest BCUT2D eigenvalue weighted by atomic mass is 10.3. The Morgan fingerprint density at radius 3 is 2.52 bits per heavy atom. The second-order valence-electron chi connectivity index (χ2n) is 4.79. The van der Waals surface area contributed by atoms with E-state index in [0.29, 0.717) is 0 Å². The molecule has 0 aliphatic heterocycles. The molecule has 0 unspecified atom stereocenters. The number of halogens is 1. The number of nitrogens with one attached hydrogen (secondary N) is 2. The molecule has 25 heavy (non-hydrogen) atoms. The van der Waals surface area contributed by atoms with Crippen molar-refractivity contribution in [3.63, 3.8) is 0 Å². The van der Waals surface area contributed by atoms with Crippen LogP contribution < -0.4 is 14.8 Å². The van der Waals surface area contributed by atoms with Crippen molar-refractivity contribution >= 4 is 27.5 Å². The van der Waals surface area contributed by atoms with Crippen LogP contribution in [0.25, 0.3) is 0 Å². The predicted octanol–water partition coefficient (Wildman–Crippen LogP) is 3.20. The monoisotopic (exact) mass is 368 g/mol. The minimum atomic E-state index is -4.07. The summed E-state index contributed by atoms with van der Waals surface area (Å²) in [7, 11) is -2.70. The Bertz CT molecular complexity index is 871. The predicted molar refractivity (Wildman–Crippen MR) is 90.8 cm³/mol. The summed E-state index contributed by atoms with van der Waals surface area (Å²) in [4.78, 5) is 11.4. The standard InChI is InChI=1S/C16H17FN2O5S/c1-3-24-16(20)18-14-10-11(8-9-15(14)23-2)25(21,22)19-13-7-5-4-6-12(13)17/h4-10,19H,3H2,1-2H3,(H,18,20). The number of benzene rings is 2. The fraction of sp³-hybridized carbons (Fsp3) is 0.188. The van der Waals surface area contributed by atoms with Gasteiger partial charge in [-0.25, -0.2) is 17.6 Å². The van der Waals surface area contributed by atoms with E-state index in [1.165, 1.54) is 43.5 Å². The highest BCUT2D eigenvalue weighted by atomic mass is 32.2. The third-order valence-corrected chi connectivity index (χ3v) is 4.47. The molecule has 2 aromatic carbocycles. The molecule has 0 aliphatic carbocycles. The van der Waals surface area contributed by atoms with Crippen LogP contribution in [0, 0.1) is 5.82 Å². The number of carbonyl (C=O) groups is 1. The number of hydrogen-bond acceptors (Lipinski definition) is 5. The van der Waals surface area contributed by atoms with Crippen LogP contribution in [0.15, 0.2) is 47.4 Å². The molecule has 0 aliphatic rings. The van der Waals surface area contributed by atoms with Crippen LogP contribution in [0.4, 0.5) is 20.6 Å². The zero-order valence-electron chi connectivity index (χ0n) is 13.6. The maximum atomic E-state index is 13.7. The molecule has 2 N–H and O–H groups in total. The fourth-order valence-corrected chi connectivity index (χ4v) is 3.07. The number of para-hydroxylation sites is 1. The van der Waals surface area contributed by atoms with E-state index in [2.05, 4.69) is 10.0 Å². The molecule has 0 radical (unpaired) electrons. The number of rotatable bonds is 6. The number of ether oxygens (including phenoxy) is 2. The van der Waals surface area contributed by atoms with Crippen molar-refractivity contribution in [1.82, 2.24) is 0 Å². The van der Waals surface area contributed by atoms with Gasteiger partial charge < -0.3 is 9.47 Å². The Morgan fingerprint density at radius 2 is 1.88 bits per heavy atom. The molecule has 0 spiro atoms. The molecule has 2 rings (SSSR count). The molecule has 0 bridgehead atoms. The van der Waals surface area contributed by atoms with Gasteiger partial charge in [0.1, 0.15) is 11.6 Å². The lowest BCUT2D eigenvalue weighted by Crippen LogP contribution is -2.16. The van der Waals surface area contributed by atoms with Gasteiger partial charge in [0.05, 0.1) is 30.0 Å². The summed E-state index contributed by atoms with van der Waals surface area (Å²) in [5, 5.41) is 2.40. The van der Waals surface area contributed by atoms with Crippen LogP contribution in [0.2, 0.25) is 0 Å². The van der Waals surface area contributed by atoms with E-state index in [1.54, 1.807) is 6.92 Å². The van der Waals surface area contributed by atoms with Crippen molar-refractivity contribution in [2.24, 2.45) is 0 Å². The topological polar surface area (TPSA) is 93.7 Å². The van der Waals surface area contributed by atoms with Gasteiger partial charge in [-0.1, -0.05) is 12.1 Å². The fourth-order valence-electron chi connectivity index (χ4n) is 1.98. The summed E-state index contributed by atoms with van der Waals surface area (Å²) < 4.78 is 50.6. The Balaban J connectivity index is 2.34. The van der Waals surface area contributed by atoms with Crippen LogP contribution in [0.5, 0.6) is 5.75 Å². The molecule has 134 valence electrons. The maximum absolute atomic E-state index is 13.7. The Kier molecular flexibility index (Phi) is 5.81. The zero-order valence-corrected chi connectivity index (χ0v) is 14.4. The normalized spacial score (nSPS) is 10.8. The lowest BCUT2D eigenvalue weighted by Gasteiger charge is -2.13. The second kappa shape index (κ2) is 7.84. The summed E-state index contributed by atoms with van der Waals surface area (Å²) in [6.45, 7) is 1.79. The highest BCUT2D eigenvalue weighted by Crippen LogP contribution is 2.29. The molecule has 1 amide bonds. The smallest absolute Gasteiger partial charge is 0.411 e. The molecule has 0 heterocycles. The Hall–Kier alpha value is -2.81. The van der Waals surface area contributed by atoms with Crippen molar-refractivity contribution in [2.45, 2.75) is 11.8 Å². The molecule has 0 saturated heterocycles. The summed E-state index contributed by atoms with van der Waals surface area (Å²) in [5.41, 5.74) is -0.0735. The molecular weight excluding hydrogens is 351 g/mol. The van der Waals surface area contributed by atoms with Crippen LogP contribution >= 0.6 is 0 Å². The molecule has 0 aromatic heterocycles. The summed E-state index contributed by atoms with van der Waals surface area (Å²) in [6, 6.07) is 9.23. The third-order valence-electron chi connectivity index (χ3n) is 3.11. The van der Waals surface area contributed by atoms with E-state index < -0.39 is 21.9 Å². The summed E-state index contributed by atoms with van der Waals surface area (Å²) in [6.07, 6.45) is -0.752. The van der Waals surface area contributed by atoms with Crippen molar-refractivity contribution < 1.29 is 27.1 Å². The largest absolute Gasteiger partial charge is 0.495 e. The number of methoxy groups -OCH3 is 1. The first-order valence-corrected chi connectivity index (χ1v) is 8.75. The van der Waals surface area contributed by atoms with Crippen LogP contribution in [-0.2, 0) is 14.8 Å². The van der Waals surface area contributed by atoms with Gasteiger partial charge in [0.15, 0.2) is 0 Å². The van der Waals surface area contributed by atoms with E-state index >= 15 is 0 Å². The second-order valence-corrected chi connectivity index (χ2v) is 6.48. The van der Waals surface area contributed by atoms with Crippen molar-refractivity contribution in [3.05, 3.63) is 48.3 Å². The molecule has 0 saturated carbocycles. The van der Waals surface area contributed by atoms with Crippen LogP contribution in [-0.4, -0.2) is 28.2 Å². The zero-order chi connectivity index (χ0) is 18.4. The van der Waals surface area contributed by atoms with E-state index in [1.807, 2.05) is 0 Å². The minimum absolute atomic E-state index is 0.109. The average molecular weight is 368 g/mol. The van der Waals surface area contributed by atoms with E-state index in [0.717, 1.165) is 6.07 Å². The van der Waals surface area contributed by atoms with E-state index in [9.17, 15) is 17.6 Å². The molecule has 9 heteroatoms. The lowest BCUT2D eigenvalue weighted by molar-refractivity contribution is 0.168. The maximum Gasteiger partial charge on any atom is 0.411 e. The number of anilines is 2. The highest BCUT2D eigenvalue weighted by molar-refractivity contribution is 7.92. The van der Waals surface area contributed by atoms with Gasteiger partial charge in [-0.2, -0.15) is 0 Å². The summed E-state index contributed by atoms with van der Waals surface area (Å²) >= 11 is 0. The van der Waals surface area contributed by atoms with Crippen molar-refractivity contribution in [1.29, 1.82) is 0 Å². The van der Waals surface area contributed by atoms with Gasteiger partial charge in [-0.3, -0.25) is 10.0 Å². The number of amides is 1. The first-order valence-electron chi connectivity index (χ1n) is 7.26. The van der Waals surface area contributed by atoms with E-state index in [4.69, 9.17) is 9.47 Å². The Labute approximate surface area is 144 Å². The highest BCUT2D eigenvalue weighted by Gasteiger charge is 2.19. The minimum Gasteiger partial charge on any atom is -0.495 e. The molecular formula is C16H17FN2O5S. The van der Waals surface area contributed by atoms with Crippen LogP contribution in [0.3, 0.4) is 0 Å². The first kappa shape index (κ1) is 18.5. The first-order chi connectivity index (χ1) is 11.9. The van der Waals surface area contributed by atoms with Gasteiger partial charge in [0.25, 0.3) is 10.0 Å². The van der Waals surface area contributed by atoms with Gasteiger partial charge in [-0.05, 0) is 37.3 Å².